The van der Waals surface area contributed by atoms with Gasteiger partial charge in [-0.25, -0.2) is 13.6 Å². The van der Waals surface area contributed by atoms with E-state index in [1.54, 1.807) is 25.1 Å². The molecule has 0 aromatic heterocycles. The SMILES string of the molecule is CCOC(=O)[C@@H](C)N1CCCc2cc(F)ccc21.Fc1ccc2c(c1)CCCN2. The second-order valence-electron chi connectivity index (χ2n) is 7.33. The van der Waals surface area contributed by atoms with Crippen molar-refractivity contribution in [2.45, 2.75) is 45.6 Å². The lowest BCUT2D eigenvalue weighted by molar-refractivity contribution is -0.144. The summed E-state index contributed by atoms with van der Waals surface area (Å²) in [6.07, 6.45) is 3.90. The van der Waals surface area contributed by atoms with E-state index >= 15 is 0 Å². The molecule has 6 heteroatoms. The predicted molar refractivity (Wildman–Crippen MR) is 111 cm³/mol. The zero-order chi connectivity index (χ0) is 20.8. The molecule has 0 spiro atoms. The minimum Gasteiger partial charge on any atom is -0.464 e. The summed E-state index contributed by atoms with van der Waals surface area (Å²) >= 11 is 0. The van der Waals surface area contributed by atoms with Gasteiger partial charge in [0, 0.05) is 24.5 Å². The van der Waals surface area contributed by atoms with Gasteiger partial charge >= 0.3 is 5.97 Å². The van der Waals surface area contributed by atoms with Crippen LogP contribution in [0, 0.1) is 11.6 Å². The van der Waals surface area contributed by atoms with E-state index in [1.807, 2.05) is 17.9 Å². The fraction of sp³-hybridized carbons (Fsp3) is 0.435. The van der Waals surface area contributed by atoms with E-state index in [0.29, 0.717) is 6.61 Å². The molecule has 2 aromatic rings. The Morgan fingerprint density at radius 1 is 1.10 bits per heavy atom. The number of nitrogens with zero attached hydrogens (tertiary/aromatic N) is 1. The summed E-state index contributed by atoms with van der Waals surface area (Å²) in [6.45, 7) is 5.82. The molecule has 2 heterocycles. The Bertz CT molecular complexity index is 857. The smallest absolute Gasteiger partial charge is 0.328 e. The molecule has 0 aliphatic carbocycles. The Kier molecular flexibility index (Phi) is 7.07. The molecule has 0 fully saturated rings. The van der Waals surface area contributed by atoms with E-state index in [4.69, 9.17) is 4.74 Å². The van der Waals surface area contributed by atoms with Gasteiger partial charge in [-0.15, -0.1) is 0 Å². The summed E-state index contributed by atoms with van der Waals surface area (Å²) in [7, 11) is 0. The van der Waals surface area contributed by atoms with Crippen LogP contribution in [0.5, 0.6) is 0 Å². The van der Waals surface area contributed by atoms with Crippen LogP contribution in [-0.2, 0) is 22.4 Å². The molecule has 0 bridgehead atoms. The van der Waals surface area contributed by atoms with Gasteiger partial charge in [0.25, 0.3) is 0 Å². The van der Waals surface area contributed by atoms with Gasteiger partial charge in [-0.05, 0) is 87.1 Å². The Labute approximate surface area is 170 Å². The van der Waals surface area contributed by atoms with Crippen LogP contribution in [0.15, 0.2) is 36.4 Å². The van der Waals surface area contributed by atoms with Crippen LogP contribution in [0.4, 0.5) is 20.2 Å². The van der Waals surface area contributed by atoms with Gasteiger partial charge in [-0.2, -0.15) is 0 Å². The average Bonchev–Trinajstić information content (AvgIpc) is 2.73. The maximum absolute atomic E-state index is 13.2. The highest BCUT2D eigenvalue weighted by Gasteiger charge is 2.27. The Balaban J connectivity index is 0.000000186. The van der Waals surface area contributed by atoms with E-state index in [1.165, 1.54) is 12.1 Å². The van der Waals surface area contributed by atoms with Crippen molar-refractivity contribution >= 4 is 17.3 Å². The molecule has 2 aromatic carbocycles. The number of fused-ring (bicyclic) bond motifs is 2. The van der Waals surface area contributed by atoms with Crippen LogP contribution in [0.2, 0.25) is 0 Å². The summed E-state index contributed by atoms with van der Waals surface area (Å²) in [6, 6.07) is 9.34. The van der Waals surface area contributed by atoms with Gasteiger partial charge in [0.1, 0.15) is 17.7 Å². The van der Waals surface area contributed by atoms with Crippen LogP contribution in [-0.4, -0.2) is 31.7 Å². The van der Waals surface area contributed by atoms with Crippen LogP contribution in [0.25, 0.3) is 0 Å². The van der Waals surface area contributed by atoms with Crippen molar-refractivity contribution in [1.82, 2.24) is 0 Å². The monoisotopic (exact) mass is 402 g/mol. The van der Waals surface area contributed by atoms with Crippen molar-refractivity contribution in [1.29, 1.82) is 0 Å². The minimum absolute atomic E-state index is 0.132. The molecule has 1 atom stereocenters. The normalized spacial score (nSPS) is 15.8. The molecule has 4 rings (SSSR count). The molecular formula is C23H28F2N2O2. The number of ether oxygens (including phenoxy) is 1. The van der Waals surface area contributed by atoms with Gasteiger partial charge < -0.3 is 15.0 Å². The van der Waals surface area contributed by atoms with Crippen LogP contribution in [0.3, 0.4) is 0 Å². The number of aryl methyl sites for hydroxylation is 2. The molecule has 2 aliphatic heterocycles. The highest BCUT2D eigenvalue weighted by Crippen LogP contribution is 2.29. The van der Waals surface area contributed by atoms with Crippen molar-refractivity contribution in [2.24, 2.45) is 0 Å². The molecule has 0 radical (unpaired) electrons. The van der Waals surface area contributed by atoms with Crippen molar-refractivity contribution in [3.8, 4) is 0 Å². The maximum Gasteiger partial charge on any atom is 0.328 e. The van der Waals surface area contributed by atoms with Crippen molar-refractivity contribution in [2.75, 3.05) is 29.9 Å². The number of hydrogen-bond donors (Lipinski definition) is 1. The first kappa shape index (κ1) is 21.1. The highest BCUT2D eigenvalue weighted by molar-refractivity contribution is 5.80. The summed E-state index contributed by atoms with van der Waals surface area (Å²) in [5.74, 6) is -0.582. The Morgan fingerprint density at radius 2 is 1.79 bits per heavy atom. The van der Waals surface area contributed by atoms with E-state index in [-0.39, 0.29) is 23.6 Å². The largest absolute Gasteiger partial charge is 0.464 e. The first-order chi connectivity index (χ1) is 14.0. The zero-order valence-electron chi connectivity index (χ0n) is 17.0. The predicted octanol–water partition coefficient (Wildman–Crippen LogP) is 4.71. The molecule has 0 saturated carbocycles. The van der Waals surface area contributed by atoms with E-state index < -0.39 is 0 Å². The number of carbonyl (C=O) groups is 1. The standard InChI is InChI=1S/C14H18FNO2.C9H10FN/c1-3-18-14(17)10(2)16-8-4-5-11-9-12(15)6-7-13(11)16;10-8-3-4-9-7(6-8)2-1-5-11-9/h6-7,9-10H,3-5,8H2,1-2H3;3-4,6,11H,1-2,5H2/t10-;/m1./s1. The Morgan fingerprint density at radius 3 is 2.55 bits per heavy atom. The lowest BCUT2D eigenvalue weighted by atomic mass is 10.00. The number of anilines is 2. The number of esters is 1. The number of nitrogens with one attached hydrogen (secondary N) is 1. The molecule has 4 nitrogen and oxygen atoms in total. The molecule has 2 aliphatic rings. The Hall–Kier alpha value is -2.63. The molecule has 0 amide bonds. The van der Waals surface area contributed by atoms with E-state index in [0.717, 1.165) is 61.3 Å². The van der Waals surface area contributed by atoms with Gasteiger partial charge in [-0.1, -0.05) is 0 Å². The van der Waals surface area contributed by atoms with E-state index in [2.05, 4.69) is 5.32 Å². The van der Waals surface area contributed by atoms with Crippen LogP contribution < -0.4 is 10.2 Å². The average molecular weight is 402 g/mol. The first-order valence-electron chi connectivity index (χ1n) is 10.2. The van der Waals surface area contributed by atoms with Crippen molar-refractivity contribution < 1.29 is 18.3 Å². The zero-order valence-corrected chi connectivity index (χ0v) is 17.0. The quantitative estimate of drug-likeness (QED) is 0.755. The summed E-state index contributed by atoms with van der Waals surface area (Å²) < 4.78 is 30.9. The highest BCUT2D eigenvalue weighted by atomic mass is 19.1. The molecule has 156 valence electrons. The molecule has 0 unspecified atom stereocenters. The third kappa shape index (κ3) is 5.25. The topological polar surface area (TPSA) is 41.6 Å². The fourth-order valence-electron chi connectivity index (χ4n) is 3.83. The lowest BCUT2D eigenvalue weighted by Gasteiger charge is -2.34. The summed E-state index contributed by atoms with van der Waals surface area (Å²) in [4.78, 5) is 13.8. The van der Waals surface area contributed by atoms with Gasteiger partial charge in [0.15, 0.2) is 0 Å². The minimum atomic E-state index is -0.325. The first-order valence-corrected chi connectivity index (χ1v) is 10.2. The third-order valence-electron chi connectivity index (χ3n) is 5.30. The third-order valence-corrected chi connectivity index (χ3v) is 5.30. The number of halogens is 2. The van der Waals surface area contributed by atoms with E-state index in [9.17, 15) is 13.6 Å². The van der Waals surface area contributed by atoms with Crippen LogP contribution >= 0.6 is 0 Å². The van der Waals surface area contributed by atoms with Gasteiger partial charge in [-0.3, -0.25) is 0 Å². The number of rotatable bonds is 3. The van der Waals surface area contributed by atoms with Crippen molar-refractivity contribution in [3.05, 3.63) is 59.2 Å². The van der Waals surface area contributed by atoms with Gasteiger partial charge in [0.05, 0.1) is 6.61 Å². The van der Waals surface area contributed by atoms with Crippen molar-refractivity contribution in [3.63, 3.8) is 0 Å². The summed E-state index contributed by atoms with van der Waals surface area (Å²) in [5, 5.41) is 3.22. The second kappa shape index (κ2) is 9.72. The number of hydrogen-bond acceptors (Lipinski definition) is 4. The summed E-state index contributed by atoms with van der Waals surface area (Å²) in [5.41, 5.74) is 4.12. The maximum atomic E-state index is 13.2. The fourth-order valence-corrected chi connectivity index (χ4v) is 3.83. The van der Waals surface area contributed by atoms with Crippen LogP contribution in [0.1, 0.15) is 37.8 Å². The number of carbonyl (C=O) groups excluding carboxylic acids is 1. The van der Waals surface area contributed by atoms with Gasteiger partial charge in [0.2, 0.25) is 0 Å². The number of benzene rings is 2. The molecule has 29 heavy (non-hydrogen) atoms. The molecule has 0 saturated heterocycles. The lowest BCUT2D eigenvalue weighted by Crippen LogP contribution is -2.43. The molecular weight excluding hydrogens is 374 g/mol. The second-order valence-corrected chi connectivity index (χ2v) is 7.33. The molecule has 1 N–H and O–H groups in total.